The highest BCUT2D eigenvalue weighted by Gasteiger charge is 2.42. The van der Waals surface area contributed by atoms with Gasteiger partial charge < -0.3 is 14.7 Å². The van der Waals surface area contributed by atoms with E-state index in [1.54, 1.807) is 19.2 Å². The van der Waals surface area contributed by atoms with Gasteiger partial charge in [-0.1, -0.05) is 12.5 Å². The molecule has 0 radical (unpaired) electrons. The fourth-order valence-electron chi connectivity index (χ4n) is 5.81. The number of carboxylic acid groups (broad SMARTS) is 1. The summed E-state index contributed by atoms with van der Waals surface area (Å²) in [6, 6.07) is 21.3. The maximum atomic E-state index is 13.3. The van der Waals surface area contributed by atoms with Gasteiger partial charge in [-0.15, -0.1) is 0 Å². The van der Waals surface area contributed by atoms with E-state index in [0.29, 0.717) is 28.9 Å². The molecule has 2 unspecified atom stereocenters. The van der Waals surface area contributed by atoms with Crippen LogP contribution in [-0.2, 0) is 4.79 Å². The predicted octanol–water partition coefficient (Wildman–Crippen LogP) is 5.99. The summed E-state index contributed by atoms with van der Waals surface area (Å²) >= 11 is 0. The number of methoxy groups -OCH3 is 1. The number of ether oxygens (including phenoxy) is 1. The number of hydrogen-bond donors (Lipinski definition) is 1. The van der Waals surface area contributed by atoms with Crippen molar-refractivity contribution in [2.75, 3.05) is 17.0 Å². The van der Waals surface area contributed by atoms with Gasteiger partial charge in [-0.25, -0.2) is 4.79 Å². The zero-order valence-electron chi connectivity index (χ0n) is 20.7. The van der Waals surface area contributed by atoms with E-state index >= 15 is 0 Å². The van der Waals surface area contributed by atoms with Crippen LogP contribution < -0.4 is 14.6 Å². The van der Waals surface area contributed by atoms with Crippen molar-refractivity contribution in [3.8, 4) is 5.75 Å². The third kappa shape index (κ3) is 3.87. The summed E-state index contributed by atoms with van der Waals surface area (Å²) in [5.74, 6) is 0.0814. The Balaban J connectivity index is 1.31. The van der Waals surface area contributed by atoms with Gasteiger partial charge in [-0.3, -0.25) is 4.79 Å². The van der Waals surface area contributed by atoms with Crippen LogP contribution in [0.25, 0.3) is 6.08 Å². The Bertz CT molecular complexity index is 1460. The first-order valence-electron chi connectivity index (χ1n) is 12.5. The molecule has 0 spiro atoms. The third-order valence-corrected chi connectivity index (χ3v) is 7.60. The van der Waals surface area contributed by atoms with Crippen LogP contribution in [0.5, 0.6) is 5.75 Å². The number of hydrogen-bond acceptors (Lipinski definition) is 5. The minimum absolute atomic E-state index is 0.166. The molecule has 1 fully saturated rings. The molecule has 1 aliphatic carbocycles. The fraction of sp³-hybridized carbons (Fsp3) is 0.233. The Morgan fingerprint density at radius 3 is 2.46 bits per heavy atom. The van der Waals surface area contributed by atoms with Crippen LogP contribution in [0.4, 0.5) is 17.1 Å². The molecular weight excluding hydrogens is 466 g/mol. The fourth-order valence-corrected chi connectivity index (χ4v) is 5.81. The molecule has 7 nitrogen and oxygen atoms in total. The standard InChI is InChI=1S/C30H27N3O4/c1-18-25(29(34)33(31-18)22-9-7-20(8-10-22)30(35)36)16-19-6-15-28-26(17-19)24-4-3-5-27(24)32(28)21-11-13-23(37-2)14-12-21/h6-17,24,27H,3-5H2,1-2H3,(H,35,36)/b25-16-. The summed E-state index contributed by atoms with van der Waals surface area (Å²) in [7, 11) is 1.68. The van der Waals surface area contributed by atoms with Gasteiger partial charge in [-0.05, 0) is 97.6 Å². The molecule has 3 aliphatic rings. The lowest BCUT2D eigenvalue weighted by Crippen LogP contribution is -2.26. The molecule has 7 heteroatoms. The van der Waals surface area contributed by atoms with Crippen molar-refractivity contribution in [2.24, 2.45) is 5.10 Å². The normalized spacial score (nSPS) is 21.3. The number of aromatic carboxylic acids is 1. The molecule has 1 amide bonds. The maximum absolute atomic E-state index is 13.3. The number of amides is 1. The Morgan fingerprint density at radius 2 is 1.76 bits per heavy atom. The molecule has 186 valence electrons. The monoisotopic (exact) mass is 493 g/mol. The van der Waals surface area contributed by atoms with E-state index in [1.807, 2.05) is 25.1 Å². The largest absolute Gasteiger partial charge is 0.497 e. The summed E-state index contributed by atoms with van der Waals surface area (Å²) < 4.78 is 5.35. The Labute approximate surface area is 215 Å². The summed E-state index contributed by atoms with van der Waals surface area (Å²) in [6.07, 6.45) is 5.42. The number of fused-ring (bicyclic) bond motifs is 3. The van der Waals surface area contributed by atoms with Gasteiger partial charge >= 0.3 is 5.97 Å². The lowest BCUT2D eigenvalue weighted by molar-refractivity contribution is -0.114. The predicted molar refractivity (Wildman–Crippen MR) is 144 cm³/mol. The van der Waals surface area contributed by atoms with E-state index in [9.17, 15) is 9.59 Å². The zero-order chi connectivity index (χ0) is 25.7. The number of benzene rings is 3. The first-order valence-corrected chi connectivity index (χ1v) is 12.5. The summed E-state index contributed by atoms with van der Waals surface area (Å²) in [5, 5.41) is 14.9. The van der Waals surface area contributed by atoms with Gasteiger partial charge in [0, 0.05) is 23.3 Å². The number of carbonyl (C=O) groups excluding carboxylic acids is 1. The molecule has 2 heterocycles. The van der Waals surface area contributed by atoms with Crippen LogP contribution in [0.3, 0.4) is 0 Å². The van der Waals surface area contributed by atoms with Crippen LogP contribution in [0.15, 0.2) is 77.4 Å². The highest BCUT2D eigenvalue weighted by molar-refractivity contribution is 6.32. The first kappa shape index (κ1) is 23.0. The van der Waals surface area contributed by atoms with Crippen LogP contribution in [0.2, 0.25) is 0 Å². The second-order valence-corrected chi connectivity index (χ2v) is 9.70. The average molecular weight is 494 g/mol. The van der Waals surface area contributed by atoms with E-state index in [0.717, 1.165) is 24.2 Å². The first-order chi connectivity index (χ1) is 17.9. The molecule has 6 rings (SSSR count). The lowest BCUT2D eigenvalue weighted by atomic mass is 9.95. The number of carbonyl (C=O) groups is 2. The van der Waals surface area contributed by atoms with Gasteiger partial charge in [0.15, 0.2) is 0 Å². The van der Waals surface area contributed by atoms with Crippen LogP contribution in [0.1, 0.15) is 53.6 Å². The summed E-state index contributed by atoms with van der Waals surface area (Å²) in [6.45, 7) is 1.82. The van der Waals surface area contributed by atoms with Crippen molar-refractivity contribution in [3.05, 3.63) is 89.0 Å². The van der Waals surface area contributed by atoms with Crippen molar-refractivity contribution in [3.63, 3.8) is 0 Å². The molecule has 0 aromatic heterocycles. The number of rotatable bonds is 5. The molecule has 0 saturated heterocycles. The van der Waals surface area contributed by atoms with Crippen LogP contribution in [-0.4, -0.2) is 35.8 Å². The van der Waals surface area contributed by atoms with Crippen molar-refractivity contribution in [2.45, 2.75) is 38.1 Å². The average Bonchev–Trinajstić information content (AvgIpc) is 3.58. The van der Waals surface area contributed by atoms with E-state index in [1.165, 1.54) is 40.5 Å². The second kappa shape index (κ2) is 8.92. The molecule has 1 N–H and O–H groups in total. The Morgan fingerprint density at radius 1 is 1.03 bits per heavy atom. The Hall–Kier alpha value is -4.39. The topological polar surface area (TPSA) is 82.4 Å². The van der Waals surface area contributed by atoms with Crippen molar-refractivity contribution >= 4 is 40.7 Å². The summed E-state index contributed by atoms with van der Waals surface area (Å²) in [5.41, 5.74) is 6.57. The van der Waals surface area contributed by atoms with Gasteiger partial charge in [0.25, 0.3) is 5.91 Å². The zero-order valence-corrected chi connectivity index (χ0v) is 20.7. The third-order valence-electron chi connectivity index (χ3n) is 7.60. The van der Waals surface area contributed by atoms with E-state index in [2.05, 4.69) is 40.3 Å². The minimum atomic E-state index is -1.01. The van der Waals surface area contributed by atoms with Crippen LogP contribution in [0, 0.1) is 0 Å². The molecule has 2 atom stereocenters. The second-order valence-electron chi connectivity index (χ2n) is 9.70. The lowest BCUT2D eigenvalue weighted by Gasteiger charge is -2.27. The number of nitrogens with zero attached hydrogens (tertiary/aromatic N) is 3. The van der Waals surface area contributed by atoms with Crippen molar-refractivity contribution < 1.29 is 19.4 Å². The van der Waals surface area contributed by atoms with Gasteiger partial charge in [0.1, 0.15) is 5.75 Å². The maximum Gasteiger partial charge on any atom is 0.335 e. The van der Waals surface area contributed by atoms with E-state index in [4.69, 9.17) is 9.84 Å². The molecule has 37 heavy (non-hydrogen) atoms. The molecule has 2 aliphatic heterocycles. The number of carboxylic acids is 1. The van der Waals surface area contributed by atoms with Gasteiger partial charge in [0.2, 0.25) is 0 Å². The van der Waals surface area contributed by atoms with Crippen molar-refractivity contribution in [1.82, 2.24) is 0 Å². The molecule has 3 aromatic carbocycles. The van der Waals surface area contributed by atoms with Crippen molar-refractivity contribution in [1.29, 1.82) is 0 Å². The minimum Gasteiger partial charge on any atom is -0.497 e. The SMILES string of the molecule is COc1ccc(N2c3ccc(/C=C4\C(=O)N(c5ccc(C(=O)O)cc5)N=C4C)cc3C3CCCC32)cc1. The van der Waals surface area contributed by atoms with Gasteiger partial charge in [0.05, 0.1) is 29.6 Å². The van der Waals surface area contributed by atoms with E-state index < -0.39 is 5.97 Å². The smallest absolute Gasteiger partial charge is 0.335 e. The van der Waals surface area contributed by atoms with Gasteiger partial charge in [-0.2, -0.15) is 10.1 Å². The molecule has 1 saturated carbocycles. The Kier molecular flexibility index (Phi) is 5.56. The summed E-state index contributed by atoms with van der Waals surface area (Å²) in [4.78, 5) is 26.9. The highest BCUT2D eigenvalue weighted by Crippen LogP contribution is 2.52. The number of hydrazone groups is 1. The molecule has 0 bridgehead atoms. The molecular formula is C30H27N3O4. The number of anilines is 3. The highest BCUT2D eigenvalue weighted by atomic mass is 16.5. The quantitative estimate of drug-likeness (QED) is 0.442. The molecule has 3 aromatic rings. The van der Waals surface area contributed by atoms with E-state index in [-0.39, 0.29) is 11.5 Å². The van der Waals surface area contributed by atoms with Crippen LogP contribution >= 0.6 is 0 Å².